The van der Waals surface area contributed by atoms with Crippen molar-refractivity contribution in [2.45, 2.75) is 13.5 Å². The van der Waals surface area contributed by atoms with Crippen molar-refractivity contribution in [2.75, 3.05) is 6.54 Å². The van der Waals surface area contributed by atoms with Crippen molar-refractivity contribution in [1.82, 2.24) is 24.6 Å². The number of nitrogens with zero attached hydrogens (tertiary/aromatic N) is 4. The number of amides is 1. The first-order valence-corrected chi connectivity index (χ1v) is 7.24. The average molecular weight is 386 g/mol. The fraction of sp³-hybridized carbons (Fsp3) is 0.231. The highest BCUT2D eigenvalue weighted by Gasteiger charge is 2.12. The minimum Gasteiger partial charge on any atom is -0.465 e. The first-order valence-electron chi connectivity index (χ1n) is 6.45. The second kappa shape index (κ2) is 7.18. The molecule has 0 atom stereocenters. The molecule has 2 heterocycles. The van der Waals surface area contributed by atoms with Gasteiger partial charge in [-0.25, -0.2) is 28.2 Å². The van der Waals surface area contributed by atoms with Gasteiger partial charge in [-0.2, -0.15) is 5.10 Å². The number of rotatable bonds is 5. The molecule has 0 aliphatic rings. The molecule has 2 N–H and O–H groups in total. The summed E-state index contributed by atoms with van der Waals surface area (Å²) in [6.07, 6.45) is 0.255. The average Bonchev–Trinajstić information content (AvgIpc) is 2.86. The quantitative estimate of drug-likeness (QED) is 0.761. The van der Waals surface area contributed by atoms with Crippen LogP contribution in [0.2, 0.25) is 0 Å². The Bertz CT molecular complexity index is 814. The predicted molar refractivity (Wildman–Crippen MR) is 83.3 cm³/mol. The van der Waals surface area contributed by atoms with Gasteiger partial charge in [0.2, 0.25) is 0 Å². The molecule has 0 saturated carbocycles. The molecule has 10 heteroatoms. The first kappa shape index (κ1) is 16.9. The molecular formula is C13H13BrFN5O3. The number of hydrogen-bond donors (Lipinski definition) is 2. The molecule has 2 rings (SSSR count). The van der Waals surface area contributed by atoms with Gasteiger partial charge >= 0.3 is 11.8 Å². The highest BCUT2D eigenvalue weighted by molar-refractivity contribution is 9.10. The lowest BCUT2D eigenvalue weighted by Gasteiger charge is -2.06. The summed E-state index contributed by atoms with van der Waals surface area (Å²) >= 11 is 3.23. The monoisotopic (exact) mass is 385 g/mol. The van der Waals surface area contributed by atoms with Crippen molar-refractivity contribution in [3.8, 4) is 5.82 Å². The third kappa shape index (κ3) is 4.03. The fourth-order valence-corrected chi connectivity index (χ4v) is 2.14. The number of halogens is 2. The van der Waals surface area contributed by atoms with Crippen LogP contribution in [0.3, 0.4) is 0 Å². The van der Waals surface area contributed by atoms with Gasteiger partial charge in [0.15, 0.2) is 0 Å². The van der Waals surface area contributed by atoms with E-state index in [2.05, 4.69) is 26.0 Å². The number of aryl methyl sites for hydroxylation is 1. The number of aromatic nitrogens is 4. The van der Waals surface area contributed by atoms with Gasteiger partial charge in [0.05, 0.1) is 12.9 Å². The fourth-order valence-electron chi connectivity index (χ4n) is 1.84. The summed E-state index contributed by atoms with van der Waals surface area (Å²) in [5.41, 5.74) is 0.329. The van der Waals surface area contributed by atoms with E-state index in [9.17, 15) is 14.0 Å². The number of pyridine rings is 1. The SMILES string of the molecule is Cc1ccc(Br)nc1-n1cnn(CC(=CF)CNC(=O)O)c1=O. The summed E-state index contributed by atoms with van der Waals surface area (Å²) in [6, 6.07) is 3.54. The van der Waals surface area contributed by atoms with Crippen molar-refractivity contribution < 1.29 is 14.3 Å². The number of carboxylic acid groups (broad SMARTS) is 1. The Morgan fingerprint density at radius 3 is 2.91 bits per heavy atom. The lowest BCUT2D eigenvalue weighted by molar-refractivity contribution is 0.195. The van der Waals surface area contributed by atoms with Gasteiger partial charge in [-0.1, -0.05) is 6.07 Å². The largest absolute Gasteiger partial charge is 0.465 e. The van der Waals surface area contributed by atoms with Crippen LogP contribution in [0.5, 0.6) is 0 Å². The Kier molecular flexibility index (Phi) is 5.27. The molecule has 0 aliphatic heterocycles. The maximum Gasteiger partial charge on any atom is 0.404 e. The molecule has 122 valence electrons. The molecule has 0 bridgehead atoms. The Labute approximate surface area is 138 Å². The molecule has 0 spiro atoms. The molecule has 0 unspecified atom stereocenters. The number of nitrogens with one attached hydrogen (secondary N) is 1. The molecule has 0 radical (unpaired) electrons. The highest BCUT2D eigenvalue weighted by atomic mass is 79.9. The van der Waals surface area contributed by atoms with E-state index in [0.29, 0.717) is 10.4 Å². The van der Waals surface area contributed by atoms with Gasteiger partial charge in [0, 0.05) is 6.54 Å². The van der Waals surface area contributed by atoms with E-state index in [4.69, 9.17) is 5.11 Å². The van der Waals surface area contributed by atoms with E-state index in [1.807, 2.05) is 5.32 Å². The normalized spacial score (nSPS) is 11.5. The van der Waals surface area contributed by atoms with Crippen LogP contribution in [0.1, 0.15) is 5.56 Å². The van der Waals surface area contributed by atoms with Gasteiger partial charge < -0.3 is 10.4 Å². The molecule has 0 fully saturated rings. The van der Waals surface area contributed by atoms with Gasteiger partial charge in [-0.3, -0.25) is 0 Å². The summed E-state index contributed by atoms with van der Waals surface area (Å²) in [5, 5.41) is 14.5. The van der Waals surface area contributed by atoms with Crippen LogP contribution in [0.4, 0.5) is 9.18 Å². The van der Waals surface area contributed by atoms with E-state index in [1.165, 1.54) is 10.9 Å². The topological polar surface area (TPSA) is 102 Å². The molecule has 0 aliphatic carbocycles. The van der Waals surface area contributed by atoms with Gasteiger partial charge in [0.1, 0.15) is 16.7 Å². The zero-order valence-electron chi connectivity index (χ0n) is 12.0. The van der Waals surface area contributed by atoms with Crippen molar-refractivity contribution in [3.05, 3.63) is 51.0 Å². The van der Waals surface area contributed by atoms with Gasteiger partial charge in [0.25, 0.3) is 0 Å². The lowest BCUT2D eigenvalue weighted by Crippen LogP contribution is -2.29. The Hall–Kier alpha value is -2.49. The van der Waals surface area contributed by atoms with Crippen LogP contribution in [0.15, 0.2) is 39.8 Å². The minimum atomic E-state index is -1.28. The van der Waals surface area contributed by atoms with Crippen LogP contribution >= 0.6 is 15.9 Å². The highest BCUT2D eigenvalue weighted by Crippen LogP contribution is 2.13. The predicted octanol–water partition coefficient (Wildman–Crippen LogP) is 1.62. The summed E-state index contributed by atoms with van der Waals surface area (Å²) in [5.74, 6) is 0.407. The second-order valence-electron chi connectivity index (χ2n) is 4.64. The summed E-state index contributed by atoms with van der Waals surface area (Å²) < 4.78 is 15.6. The number of hydrogen-bond acceptors (Lipinski definition) is 4. The molecular weight excluding hydrogens is 373 g/mol. The van der Waals surface area contributed by atoms with E-state index in [0.717, 1.165) is 10.2 Å². The van der Waals surface area contributed by atoms with Gasteiger partial charge in [-0.05, 0) is 40.1 Å². The third-order valence-corrected chi connectivity index (χ3v) is 3.41. The van der Waals surface area contributed by atoms with Crippen LogP contribution < -0.4 is 11.0 Å². The van der Waals surface area contributed by atoms with E-state index in [-0.39, 0.29) is 25.0 Å². The molecule has 1 amide bonds. The van der Waals surface area contributed by atoms with Crippen molar-refractivity contribution >= 4 is 22.0 Å². The zero-order valence-corrected chi connectivity index (χ0v) is 13.6. The Balaban J connectivity index is 2.27. The van der Waals surface area contributed by atoms with Crippen LogP contribution in [0.25, 0.3) is 5.82 Å². The number of carbonyl (C=O) groups is 1. The molecule has 0 saturated heterocycles. The van der Waals surface area contributed by atoms with Crippen molar-refractivity contribution in [1.29, 1.82) is 0 Å². The van der Waals surface area contributed by atoms with Crippen LogP contribution in [-0.2, 0) is 6.54 Å². The van der Waals surface area contributed by atoms with Crippen LogP contribution in [0, 0.1) is 6.92 Å². The summed E-state index contributed by atoms with van der Waals surface area (Å²) in [7, 11) is 0. The second-order valence-corrected chi connectivity index (χ2v) is 5.45. The third-order valence-electron chi connectivity index (χ3n) is 2.97. The Morgan fingerprint density at radius 2 is 2.26 bits per heavy atom. The molecule has 23 heavy (non-hydrogen) atoms. The molecule has 0 aromatic carbocycles. The minimum absolute atomic E-state index is 0.0682. The van der Waals surface area contributed by atoms with Crippen LogP contribution in [-0.4, -0.2) is 37.1 Å². The standard InChI is InChI=1S/C13H13BrFN5O3/c1-8-2-3-10(14)18-11(8)19-7-17-20(13(19)23)6-9(4-15)5-16-12(21)22/h2-4,7,16H,5-6H2,1H3,(H,21,22). The van der Waals surface area contributed by atoms with Crippen molar-refractivity contribution in [3.63, 3.8) is 0 Å². The molecule has 2 aromatic rings. The van der Waals surface area contributed by atoms with E-state index < -0.39 is 11.8 Å². The summed E-state index contributed by atoms with van der Waals surface area (Å²) in [6.45, 7) is 1.39. The molecule has 8 nitrogen and oxygen atoms in total. The van der Waals surface area contributed by atoms with Gasteiger partial charge in [-0.15, -0.1) is 0 Å². The zero-order chi connectivity index (χ0) is 17.0. The summed E-state index contributed by atoms with van der Waals surface area (Å²) in [4.78, 5) is 27.0. The van der Waals surface area contributed by atoms with E-state index >= 15 is 0 Å². The van der Waals surface area contributed by atoms with Crippen molar-refractivity contribution in [2.24, 2.45) is 0 Å². The first-order chi connectivity index (χ1) is 10.9. The Morgan fingerprint density at radius 1 is 1.52 bits per heavy atom. The maximum absolute atomic E-state index is 12.8. The molecule has 2 aromatic heterocycles. The lowest BCUT2D eigenvalue weighted by atomic mass is 10.3. The smallest absolute Gasteiger partial charge is 0.404 e. The maximum atomic E-state index is 12.8. The van der Waals surface area contributed by atoms with E-state index in [1.54, 1.807) is 19.1 Å².